The van der Waals surface area contributed by atoms with E-state index in [4.69, 9.17) is 9.26 Å². The summed E-state index contributed by atoms with van der Waals surface area (Å²) in [5.41, 5.74) is 1.24. The van der Waals surface area contributed by atoms with Crippen LogP contribution in [-0.4, -0.2) is 52.4 Å². The van der Waals surface area contributed by atoms with Crippen LogP contribution in [0.4, 0.5) is 4.39 Å². The lowest BCUT2D eigenvalue weighted by Gasteiger charge is -2.32. The Balaban J connectivity index is 1.54. The Morgan fingerprint density at radius 3 is 2.77 bits per heavy atom. The fourth-order valence-corrected chi connectivity index (χ4v) is 4.08. The lowest BCUT2D eigenvalue weighted by Crippen LogP contribution is -2.51. The number of ether oxygens (including phenoxy) is 1. The zero-order valence-corrected chi connectivity index (χ0v) is 17.0. The van der Waals surface area contributed by atoms with Crippen molar-refractivity contribution in [1.82, 2.24) is 15.4 Å². The predicted molar refractivity (Wildman–Crippen MR) is 111 cm³/mol. The van der Waals surface area contributed by atoms with Gasteiger partial charge in [0.05, 0.1) is 12.1 Å². The summed E-state index contributed by atoms with van der Waals surface area (Å²) in [6, 6.07) is 16.3. The molecule has 7 nitrogen and oxygen atoms in total. The van der Waals surface area contributed by atoms with E-state index < -0.39 is 36.0 Å². The number of likely N-dealkylation sites (N-methyl/N-ethyl adjacent to an activating group) is 1. The molecule has 1 amide bonds. The Hall–Kier alpha value is -3.23. The molecule has 1 aromatic heterocycles. The summed E-state index contributed by atoms with van der Waals surface area (Å²) in [4.78, 5) is 14.6. The van der Waals surface area contributed by atoms with Gasteiger partial charge in [-0.05, 0) is 24.7 Å². The molecule has 162 valence electrons. The van der Waals surface area contributed by atoms with Gasteiger partial charge in [0, 0.05) is 25.1 Å². The average molecular weight is 425 g/mol. The quantitative estimate of drug-likeness (QED) is 0.605. The molecule has 4 atom stereocenters. The van der Waals surface area contributed by atoms with E-state index >= 15 is 0 Å². The van der Waals surface area contributed by atoms with Crippen LogP contribution in [0.1, 0.15) is 22.5 Å². The topological polar surface area (TPSA) is 87.8 Å². The van der Waals surface area contributed by atoms with Crippen LogP contribution in [0.2, 0.25) is 0 Å². The molecule has 2 N–H and O–H groups in total. The van der Waals surface area contributed by atoms with Crippen molar-refractivity contribution in [2.75, 3.05) is 7.05 Å². The van der Waals surface area contributed by atoms with Gasteiger partial charge in [-0.1, -0.05) is 41.6 Å². The highest BCUT2D eigenvalue weighted by Crippen LogP contribution is 2.30. The van der Waals surface area contributed by atoms with Crippen molar-refractivity contribution in [1.29, 1.82) is 0 Å². The number of hydrogen-bond acceptors (Lipinski definition) is 6. The largest absolute Gasteiger partial charge is 0.487 e. The first kappa shape index (κ1) is 21.0. The molecule has 1 heterocycles. The Morgan fingerprint density at radius 2 is 2.06 bits per heavy atom. The van der Waals surface area contributed by atoms with Crippen LogP contribution in [0.5, 0.6) is 5.75 Å². The van der Waals surface area contributed by atoms with Crippen LogP contribution in [0.15, 0.2) is 71.4 Å². The van der Waals surface area contributed by atoms with Crippen LogP contribution < -0.4 is 10.1 Å². The number of aliphatic hydroxyl groups excluding tert-OH is 1. The molecule has 0 saturated heterocycles. The van der Waals surface area contributed by atoms with E-state index in [1.807, 2.05) is 42.3 Å². The monoisotopic (exact) mass is 425 g/mol. The molecule has 1 aliphatic carbocycles. The molecule has 0 aliphatic heterocycles. The highest BCUT2D eigenvalue weighted by atomic mass is 19.1. The number of carbonyl (C=O) groups excluding carboxylic acids is 1. The van der Waals surface area contributed by atoms with E-state index in [1.165, 1.54) is 24.5 Å². The first-order valence-electron chi connectivity index (χ1n) is 10.1. The van der Waals surface area contributed by atoms with Crippen molar-refractivity contribution in [3.8, 4) is 5.75 Å². The van der Waals surface area contributed by atoms with E-state index in [1.54, 1.807) is 12.1 Å². The molecule has 1 saturated carbocycles. The molecule has 3 aromatic rings. The Morgan fingerprint density at radius 1 is 1.26 bits per heavy atom. The number of rotatable bonds is 7. The zero-order valence-electron chi connectivity index (χ0n) is 17.0. The third-order valence-corrected chi connectivity index (χ3v) is 5.48. The van der Waals surface area contributed by atoms with Gasteiger partial charge in [-0.25, -0.2) is 4.39 Å². The van der Waals surface area contributed by atoms with Crippen molar-refractivity contribution in [2.45, 2.75) is 37.3 Å². The van der Waals surface area contributed by atoms with Crippen molar-refractivity contribution in [3.63, 3.8) is 0 Å². The summed E-state index contributed by atoms with van der Waals surface area (Å²) >= 11 is 0. The highest BCUT2D eigenvalue weighted by Gasteiger charge is 2.46. The predicted octanol–water partition coefficient (Wildman–Crippen LogP) is 2.62. The molecule has 2 aromatic carbocycles. The minimum Gasteiger partial charge on any atom is -0.487 e. The molecule has 31 heavy (non-hydrogen) atoms. The third-order valence-electron chi connectivity index (χ3n) is 5.48. The molecule has 0 unspecified atom stereocenters. The van der Waals surface area contributed by atoms with Gasteiger partial charge < -0.3 is 19.7 Å². The normalized spacial score (nSPS) is 23.1. The summed E-state index contributed by atoms with van der Waals surface area (Å²) in [5.74, 6) is -0.480. The number of hydrogen-bond donors (Lipinski definition) is 2. The van der Waals surface area contributed by atoms with E-state index in [0.717, 1.165) is 5.56 Å². The highest BCUT2D eigenvalue weighted by molar-refractivity contribution is 5.92. The summed E-state index contributed by atoms with van der Waals surface area (Å²) in [6.07, 6.45) is 0.158. The second-order valence-corrected chi connectivity index (χ2v) is 7.70. The molecule has 4 rings (SSSR count). The van der Waals surface area contributed by atoms with Gasteiger partial charge in [0.25, 0.3) is 5.91 Å². The number of aromatic nitrogens is 1. The molecule has 8 heteroatoms. The molecular weight excluding hydrogens is 401 g/mol. The summed E-state index contributed by atoms with van der Waals surface area (Å²) in [5, 5.41) is 17.7. The van der Waals surface area contributed by atoms with E-state index in [-0.39, 0.29) is 5.69 Å². The van der Waals surface area contributed by atoms with Crippen LogP contribution in [0.25, 0.3) is 0 Å². The van der Waals surface area contributed by atoms with E-state index in [9.17, 15) is 14.3 Å². The summed E-state index contributed by atoms with van der Waals surface area (Å²) in [6.45, 7) is 0.575. The molecule has 0 radical (unpaired) electrons. The minimum atomic E-state index is -0.903. The Kier molecular flexibility index (Phi) is 6.29. The van der Waals surface area contributed by atoms with Gasteiger partial charge in [-0.3, -0.25) is 9.69 Å². The van der Waals surface area contributed by atoms with Gasteiger partial charge in [0.1, 0.15) is 30.0 Å². The van der Waals surface area contributed by atoms with Crippen molar-refractivity contribution in [3.05, 3.63) is 84.0 Å². The van der Waals surface area contributed by atoms with E-state index in [0.29, 0.717) is 18.7 Å². The number of benzene rings is 2. The number of amides is 1. The van der Waals surface area contributed by atoms with Crippen LogP contribution >= 0.6 is 0 Å². The van der Waals surface area contributed by atoms with Gasteiger partial charge >= 0.3 is 0 Å². The second-order valence-electron chi connectivity index (χ2n) is 7.70. The zero-order chi connectivity index (χ0) is 21.8. The third kappa shape index (κ3) is 4.92. The molecule has 0 spiro atoms. The van der Waals surface area contributed by atoms with Crippen LogP contribution in [0, 0.1) is 5.82 Å². The number of nitrogens with zero attached hydrogens (tertiary/aromatic N) is 2. The standard InChI is InChI=1S/C23H24FN3O4/c1-27(14-15-6-3-2-4-7-15)21-19(25-23(29)18-10-11-30-26-18)13-20(22(21)28)31-17-9-5-8-16(24)12-17/h2-12,19-22,28H,13-14H2,1H3,(H,25,29)/t19-,20-,21+,22+/m1/s1. The maximum Gasteiger partial charge on any atom is 0.273 e. The lowest BCUT2D eigenvalue weighted by molar-refractivity contribution is 0.0124. The van der Waals surface area contributed by atoms with Gasteiger partial charge in [-0.15, -0.1) is 0 Å². The number of aliphatic hydroxyl groups is 1. The molecule has 1 fully saturated rings. The maximum atomic E-state index is 13.6. The van der Waals surface area contributed by atoms with Gasteiger partial charge in [-0.2, -0.15) is 0 Å². The second kappa shape index (κ2) is 9.28. The Bertz CT molecular complexity index is 999. The minimum absolute atomic E-state index is 0.161. The smallest absolute Gasteiger partial charge is 0.273 e. The lowest BCUT2D eigenvalue weighted by atomic mass is 10.1. The van der Waals surface area contributed by atoms with Crippen LogP contribution in [0.3, 0.4) is 0 Å². The van der Waals surface area contributed by atoms with E-state index in [2.05, 4.69) is 10.5 Å². The first-order chi connectivity index (χ1) is 15.0. The number of carbonyl (C=O) groups is 1. The Labute approximate surface area is 179 Å². The maximum absolute atomic E-state index is 13.6. The summed E-state index contributed by atoms with van der Waals surface area (Å²) in [7, 11) is 1.89. The molecule has 0 bridgehead atoms. The SMILES string of the molecule is CN(Cc1ccccc1)[C@@H]1[C@@H](O)[C@H](Oc2cccc(F)c2)C[C@H]1NC(=O)c1ccon1. The fourth-order valence-electron chi connectivity index (χ4n) is 4.08. The van der Waals surface area contributed by atoms with Crippen LogP contribution in [-0.2, 0) is 6.54 Å². The number of nitrogens with one attached hydrogen (secondary N) is 1. The fraction of sp³-hybridized carbons (Fsp3) is 0.304. The molecule has 1 aliphatic rings. The van der Waals surface area contributed by atoms with Gasteiger partial charge in [0.15, 0.2) is 5.69 Å². The van der Waals surface area contributed by atoms with Crippen molar-refractivity contribution < 1.29 is 23.6 Å². The number of halogens is 1. The molecular formula is C23H24FN3O4. The first-order valence-corrected chi connectivity index (χ1v) is 10.1. The van der Waals surface area contributed by atoms with Crippen molar-refractivity contribution in [2.24, 2.45) is 0 Å². The summed E-state index contributed by atoms with van der Waals surface area (Å²) < 4.78 is 24.2. The van der Waals surface area contributed by atoms with Gasteiger partial charge in [0.2, 0.25) is 0 Å². The van der Waals surface area contributed by atoms with Crippen molar-refractivity contribution >= 4 is 5.91 Å². The average Bonchev–Trinajstić information content (AvgIpc) is 3.38.